The van der Waals surface area contributed by atoms with Gasteiger partial charge >= 0.3 is 0 Å². The fourth-order valence-electron chi connectivity index (χ4n) is 3.77. The Hall–Kier alpha value is -2.10. The average Bonchev–Trinajstić information content (AvgIpc) is 3.28. The Bertz CT molecular complexity index is 777. The molecule has 0 spiro atoms. The highest BCUT2D eigenvalue weighted by Gasteiger charge is 2.41. The van der Waals surface area contributed by atoms with Gasteiger partial charge in [-0.25, -0.2) is 0 Å². The van der Waals surface area contributed by atoms with Gasteiger partial charge in [0.25, 0.3) is 5.91 Å². The van der Waals surface area contributed by atoms with Crippen LogP contribution in [0.15, 0.2) is 36.4 Å². The lowest BCUT2D eigenvalue weighted by Gasteiger charge is -2.43. The zero-order valence-corrected chi connectivity index (χ0v) is 15.4. The number of nitrogens with one attached hydrogen (secondary N) is 1. The fourth-order valence-corrected chi connectivity index (χ4v) is 3.77. The van der Waals surface area contributed by atoms with Crippen LogP contribution in [-0.4, -0.2) is 15.7 Å². The van der Waals surface area contributed by atoms with Crippen molar-refractivity contribution < 1.29 is 4.79 Å². The van der Waals surface area contributed by atoms with E-state index in [0.29, 0.717) is 11.6 Å². The molecule has 0 atom stereocenters. The molecule has 2 fully saturated rings. The summed E-state index contributed by atoms with van der Waals surface area (Å²) < 4.78 is 2.05. The third-order valence-corrected chi connectivity index (χ3v) is 5.49. The zero-order valence-electron chi connectivity index (χ0n) is 15.4. The van der Waals surface area contributed by atoms with Crippen LogP contribution in [0.3, 0.4) is 0 Å². The molecular formula is C21H27N3O. The second kappa shape index (κ2) is 5.72. The number of carbonyl (C=O) groups excluding carboxylic acids is 1. The second-order valence-electron chi connectivity index (χ2n) is 8.57. The molecule has 0 unspecified atom stereocenters. The maximum atomic E-state index is 13.0. The van der Waals surface area contributed by atoms with E-state index in [-0.39, 0.29) is 17.0 Å². The number of hydrogen-bond donors (Lipinski definition) is 1. The van der Waals surface area contributed by atoms with Crippen molar-refractivity contribution in [3.63, 3.8) is 0 Å². The number of nitrogens with zero attached hydrogens (tertiary/aromatic N) is 2. The highest BCUT2D eigenvalue weighted by Crippen LogP contribution is 2.43. The van der Waals surface area contributed by atoms with Crippen LogP contribution in [0.2, 0.25) is 0 Å². The molecule has 1 N–H and O–H groups in total. The van der Waals surface area contributed by atoms with Gasteiger partial charge in [0.05, 0.1) is 11.1 Å². The molecule has 4 nitrogen and oxygen atoms in total. The Morgan fingerprint density at radius 3 is 2.40 bits per heavy atom. The van der Waals surface area contributed by atoms with Crippen molar-refractivity contribution in [2.75, 3.05) is 0 Å². The minimum Gasteiger partial charge on any atom is -0.341 e. The Morgan fingerprint density at radius 2 is 1.88 bits per heavy atom. The minimum absolute atomic E-state index is 0.0477. The van der Waals surface area contributed by atoms with E-state index in [0.717, 1.165) is 19.3 Å². The van der Waals surface area contributed by atoms with Gasteiger partial charge in [-0.3, -0.25) is 9.48 Å². The molecule has 2 saturated carbocycles. The van der Waals surface area contributed by atoms with Crippen molar-refractivity contribution in [2.45, 2.75) is 69.9 Å². The van der Waals surface area contributed by atoms with Crippen LogP contribution in [0, 0.1) is 0 Å². The first-order valence-electron chi connectivity index (χ1n) is 9.38. The molecule has 0 aliphatic heterocycles. The van der Waals surface area contributed by atoms with E-state index in [1.165, 1.54) is 24.1 Å². The van der Waals surface area contributed by atoms with Crippen LogP contribution in [0.1, 0.15) is 80.5 Å². The van der Waals surface area contributed by atoms with Crippen molar-refractivity contribution in [1.29, 1.82) is 0 Å². The van der Waals surface area contributed by atoms with Crippen LogP contribution >= 0.6 is 0 Å². The van der Waals surface area contributed by atoms with Gasteiger partial charge in [-0.2, -0.15) is 5.10 Å². The monoisotopic (exact) mass is 337 g/mol. The second-order valence-corrected chi connectivity index (χ2v) is 8.57. The Balaban J connectivity index is 1.61. The highest BCUT2D eigenvalue weighted by molar-refractivity contribution is 5.93. The van der Waals surface area contributed by atoms with E-state index in [9.17, 15) is 4.79 Å². The summed E-state index contributed by atoms with van der Waals surface area (Å²) in [6.07, 6.45) is 5.56. The topological polar surface area (TPSA) is 46.9 Å². The van der Waals surface area contributed by atoms with Crippen LogP contribution < -0.4 is 5.32 Å². The molecule has 1 aromatic carbocycles. The van der Waals surface area contributed by atoms with E-state index < -0.39 is 0 Å². The van der Waals surface area contributed by atoms with Gasteiger partial charge in [0.1, 0.15) is 0 Å². The highest BCUT2D eigenvalue weighted by atomic mass is 16.2. The van der Waals surface area contributed by atoms with Crippen molar-refractivity contribution in [3.05, 3.63) is 53.3 Å². The predicted molar refractivity (Wildman–Crippen MR) is 98.6 cm³/mol. The molecule has 25 heavy (non-hydrogen) atoms. The van der Waals surface area contributed by atoms with Crippen LogP contribution in [0.4, 0.5) is 0 Å². The predicted octanol–water partition coefficient (Wildman–Crippen LogP) is 4.32. The summed E-state index contributed by atoms with van der Waals surface area (Å²) in [6, 6.07) is 12.3. The quantitative estimate of drug-likeness (QED) is 0.903. The molecule has 1 aromatic heterocycles. The molecule has 2 aliphatic rings. The number of carbonyl (C=O) groups is 1. The smallest absolute Gasteiger partial charge is 0.272 e. The molecular weight excluding hydrogens is 310 g/mol. The first-order chi connectivity index (χ1) is 11.9. The standard InChI is InChI=1S/C21H27N3O/c1-20(2,3)24-18(15-10-11-15)14-17(23-24)19(25)22-21(12-7-13-21)16-8-5-4-6-9-16/h4-6,8-9,14-15H,7,10-13H2,1-3H3,(H,22,25). The van der Waals surface area contributed by atoms with Gasteiger partial charge in [0, 0.05) is 11.6 Å². The molecule has 2 aliphatic carbocycles. The largest absolute Gasteiger partial charge is 0.341 e. The number of aromatic nitrogens is 2. The summed E-state index contributed by atoms with van der Waals surface area (Å²) in [5.41, 5.74) is 2.64. The van der Waals surface area contributed by atoms with Crippen LogP contribution in [0.25, 0.3) is 0 Å². The number of hydrogen-bond acceptors (Lipinski definition) is 2. The molecule has 1 amide bonds. The fraction of sp³-hybridized carbons (Fsp3) is 0.524. The van der Waals surface area contributed by atoms with Gasteiger partial charge in [0.2, 0.25) is 0 Å². The first kappa shape index (κ1) is 16.4. The van der Waals surface area contributed by atoms with Crippen molar-refractivity contribution in [2.24, 2.45) is 0 Å². The lowest BCUT2D eigenvalue weighted by molar-refractivity contribution is 0.0816. The molecule has 0 radical (unpaired) electrons. The number of amides is 1. The van der Waals surface area contributed by atoms with Crippen molar-refractivity contribution in [1.82, 2.24) is 15.1 Å². The third-order valence-electron chi connectivity index (χ3n) is 5.49. The van der Waals surface area contributed by atoms with E-state index in [4.69, 9.17) is 0 Å². The van der Waals surface area contributed by atoms with Crippen LogP contribution in [-0.2, 0) is 11.1 Å². The molecule has 4 rings (SSSR count). The normalized spacial score (nSPS) is 19.3. The number of benzene rings is 1. The molecule has 1 heterocycles. The molecule has 132 valence electrons. The lowest BCUT2D eigenvalue weighted by atomic mass is 9.71. The molecule has 2 aromatic rings. The Labute approximate surface area is 149 Å². The minimum atomic E-state index is -0.219. The van der Waals surface area contributed by atoms with Crippen molar-refractivity contribution >= 4 is 5.91 Å². The van der Waals surface area contributed by atoms with E-state index in [1.807, 2.05) is 24.3 Å². The van der Waals surface area contributed by atoms with Gasteiger partial charge in [-0.15, -0.1) is 0 Å². The summed E-state index contributed by atoms with van der Waals surface area (Å²) in [4.78, 5) is 13.0. The van der Waals surface area contributed by atoms with E-state index in [1.54, 1.807) is 0 Å². The maximum absolute atomic E-state index is 13.0. The van der Waals surface area contributed by atoms with Gasteiger partial charge in [-0.05, 0) is 64.5 Å². The van der Waals surface area contributed by atoms with E-state index in [2.05, 4.69) is 48.0 Å². The Morgan fingerprint density at radius 1 is 1.20 bits per heavy atom. The average molecular weight is 337 g/mol. The lowest BCUT2D eigenvalue weighted by Crippen LogP contribution is -2.50. The molecule has 0 saturated heterocycles. The summed E-state index contributed by atoms with van der Waals surface area (Å²) in [5.74, 6) is 0.522. The van der Waals surface area contributed by atoms with E-state index >= 15 is 0 Å². The SMILES string of the molecule is CC(C)(C)n1nc(C(=O)NC2(c3ccccc3)CCC2)cc1C1CC1. The Kier molecular flexibility index (Phi) is 3.75. The number of rotatable bonds is 4. The summed E-state index contributed by atoms with van der Waals surface area (Å²) in [6.45, 7) is 6.43. The zero-order chi connectivity index (χ0) is 17.7. The summed E-state index contributed by atoms with van der Waals surface area (Å²) in [5, 5.41) is 7.98. The molecule has 0 bridgehead atoms. The van der Waals surface area contributed by atoms with Gasteiger partial charge in [-0.1, -0.05) is 30.3 Å². The summed E-state index contributed by atoms with van der Waals surface area (Å²) >= 11 is 0. The third kappa shape index (κ3) is 2.99. The maximum Gasteiger partial charge on any atom is 0.272 e. The van der Waals surface area contributed by atoms with Gasteiger partial charge < -0.3 is 5.32 Å². The van der Waals surface area contributed by atoms with Gasteiger partial charge in [0.15, 0.2) is 5.69 Å². The molecule has 4 heteroatoms. The van der Waals surface area contributed by atoms with Crippen LogP contribution in [0.5, 0.6) is 0 Å². The summed E-state index contributed by atoms with van der Waals surface area (Å²) in [7, 11) is 0. The van der Waals surface area contributed by atoms with Crippen molar-refractivity contribution in [3.8, 4) is 0 Å². The first-order valence-corrected chi connectivity index (χ1v) is 9.38.